The molecular formula is C26H28ClFN4O5. The number of hydrogen-bond acceptors (Lipinski definition) is 6. The zero-order chi connectivity index (χ0) is 25.8. The molecular weight excluding hydrogens is 503 g/mol. The smallest absolute Gasteiger partial charge is 0.295 e. The van der Waals surface area contributed by atoms with Crippen LogP contribution in [0.4, 0.5) is 4.39 Å². The standard InChI is InChI=1S/C26H28ClFN4O5/c27-18-13-15(1-4-19(18)28)14-30-6-5-17-20(24(30)34)22(33)26(36)32-21(17)25(35)31(23(32)16-2-3-16)8-7-29-9-11-37-12-10-29/h1,4,13,16,23,33H,2-3,5-12,14H2. The number of halogens is 2. The molecule has 3 aliphatic heterocycles. The lowest BCUT2D eigenvalue weighted by Gasteiger charge is -2.31. The molecule has 1 unspecified atom stereocenters. The average Bonchev–Trinajstić information content (AvgIpc) is 3.69. The van der Waals surface area contributed by atoms with Crippen LogP contribution < -0.4 is 5.56 Å². The van der Waals surface area contributed by atoms with Crippen molar-refractivity contribution in [2.45, 2.75) is 32.0 Å². The summed E-state index contributed by atoms with van der Waals surface area (Å²) in [5.41, 5.74) is 0.482. The largest absolute Gasteiger partial charge is 0.502 e. The van der Waals surface area contributed by atoms with Crippen molar-refractivity contribution in [1.82, 2.24) is 19.3 Å². The lowest BCUT2D eigenvalue weighted by atomic mass is 9.95. The fourth-order valence-electron chi connectivity index (χ4n) is 5.77. The van der Waals surface area contributed by atoms with Crippen molar-refractivity contribution in [3.8, 4) is 5.75 Å². The predicted octanol–water partition coefficient (Wildman–Crippen LogP) is 2.24. The van der Waals surface area contributed by atoms with Crippen molar-refractivity contribution in [3.63, 3.8) is 0 Å². The number of nitrogens with zero attached hydrogens (tertiary/aromatic N) is 4. The zero-order valence-corrected chi connectivity index (χ0v) is 21.0. The van der Waals surface area contributed by atoms with Crippen molar-refractivity contribution in [3.05, 3.63) is 61.8 Å². The number of aromatic hydroxyl groups is 1. The topological polar surface area (TPSA) is 95.3 Å². The Bertz CT molecular complexity index is 1340. The van der Waals surface area contributed by atoms with Crippen molar-refractivity contribution in [2.75, 3.05) is 45.9 Å². The van der Waals surface area contributed by atoms with Gasteiger partial charge < -0.3 is 19.6 Å². The maximum absolute atomic E-state index is 13.8. The minimum atomic E-state index is -0.701. The van der Waals surface area contributed by atoms with Crippen LogP contribution in [0.5, 0.6) is 5.75 Å². The van der Waals surface area contributed by atoms with Crippen molar-refractivity contribution < 1.29 is 23.8 Å². The highest BCUT2D eigenvalue weighted by Gasteiger charge is 2.49. The van der Waals surface area contributed by atoms with Gasteiger partial charge in [0, 0.05) is 44.8 Å². The number of carbonyl (C=O) groups is 2. The number of carbonyl (C=O) groups excluding carboxylic acids is 2. The lowest BCUT2D eigenvalue weighted by Crippen LogP contribution is -2.43. The normalized spacial score (nSPS) is 21.9. The molecule has 1 saturated heterocycles. The number of morpholine rings is 1. The summed E-state index contributed by atoms with van der Waals surface area (Å²) in [7, 11) is 0. The maximum Gasteiger partial charge on any atom is 0.295 e. The summed E-state index contributed by atoms with van der Waals surface area (Å²) in [4.78, 5) is 46.1. The van der Waals surface area contributed by atoms with Crippen LogP contribution in [0.15, 0.2) is 23.0 Å². The third kappa shape index (κ3) is 4.20. The first kappa shape index (κ1) is 24.4. The van der Waals surface area contributed by atoms with Crippen LogP contribution in [0, 0.1) is 11.7 Å². The minimum absolute atomic E-state index is 0.0462. The summed E-state index contributed by atoms with van der Waals surface area (Å²) >= 11 is 5.89. The van der Waals surface area contributed by atoms with E-state index in [1.807, 2.05) is 0 Å². The first-order chi connectivity index (χ1) is 17.8. The van der Waals surface area contributed by atoms with Gasteiger partial charge in [-0.05, 0) is 42.9 Å². The summed E-state index contributed by atoms with van der Waals surface area (Å²) in [5.74, 6) is -1.79. The van der Waals surface area contributed by atoms with Gasteiger partial charge in [0.1, 0.15) is 17.7 Å². The number of pyridine rings is 1. The van der Waals surface area contributed by atoms with E-state index in [4.69, 9.17) is 16.3 Å². The van der Waals surface area contributed by atoms with E-state index in [9.17, 15) is 23.9 Å². The number of aromatic nitrogens is 1. The number of amides is 2. The highest BCUT2D eigenvalue weighted by Crippen LogP contribution is 2.46. The van der Waals surface area contributed by atoms with Gasteiger partial charge in [0.25, 0.3) is 17.4 Å². The number of benzene rings is 1. The van der Waals surface area contributed by atoms with Crippen LogP contribution in [-0.4, -0.2) is 82.1 Å². The van der Waals surface area contributed by atoms with Gasteiger partial charge in [-0.25, -0.2) is 4.39 Å². The monoisotopic (exact) mass is 530 g/mol. The molecule has 2 aromatic rings. The van der Waals surface area contributed by atoms with E-state index in [1.54, 1.807) is 4.90 Å². The Hall–Kier alpha value is -2.95. The van der Waals surface area contributed by atoms with Crippen molar-refractivity contribution in [1.29, 1.82) is 0 Å². The third-order valence-corrected chi connectivity index (χ3v) is 8.12. The van der Waals surface area contributed by atoms with Gasteiger partial charge in [-0.15, -0.1) is 0 Å². The van der Waals surface area contributed by atoms with Gasteiger partial charge in [-0.2, -0.15) is 0 Å². The Kier molecular flexibility index (Phi) is 6.21. The summed E-state index contributed by atoms with van der Waals surface area (Å²) < 4.78 is 20.4. The SMILES string of the molecule is O=C1c2c(c3n(c(=O)c2O)C(C2CC2)N(CCN2CCOCC2)C3=O)CCN1Cc1ccc(F)c(Cl)c1. The maximum atomic E-state index is 13.8. The average molecular weight is 531 g/mol. The van der Waals surface area contributed by atoms with E-state index in [2.05, 4.69) is 4.90 Å². The fourth-order valence-corrected chi connectivity index (χ4v) is 5.97. The van der Waals surface area contributed by atoms with E-state index >= 15 is 0 Å². The molecule has 4 aliphatic rings. The molecule has 196 valence electrons. The molecule has 0 spiro atoms. The number of hydrogen-bond donors (Lipinski definition) is 1. The minimum Gasteiger partial charge on any atom is -0.502 e. The zero-order valence-electron chi connectivity index (χ0n) is 20.3. The molecule has 37 heavy (non-hydrogen) atoms. The Morgan fingerprint density at radius 2 is 1.81 bits per heavy atom. The molecule has 1 aromatic carbocycles. The highest BCUT2D eigenvalue weighted by molar-refractivity contribution is 6.30. The first-order valence-corrected chi connectivity index (χ1v) is 13.1. The summed E-state index contributed by atoms with van der Waals surface area (Å²) in [6, 6.07) is 4.23. The Morgan fingerprint density at radius 3 is 2.51 bits per heavy atom. The molecule has 2 amide bonds. The van der Waals surface area contributed by atoms with E-state index in [0.29, 0.717) is 50.4 Å². The number of fused-ring (bicyclic) bond motifs is 3. The van der Waals surface area contributed by atoms with Crippen LogP contribution in [0.3, 0.4) is 0 Å². The molecule has 1 aromatic heterocycles. The molecule has 11 heteroatoms. The van der Waals surface area contributed by atoms with E-state index < -0.39 is 29.2 Å². The quantitative estimate of drug-likeness (QED) is 0.615. The first-order valence-electron chi connectivity index (χ1n) is 12.7. The summed E-state index contributed by atoms with van der Waals surface area (Å²) in [6.07, 6.45) is 1.69. The van der Waals surface area contributed by atoms with Crippen molar-refractivity contribution in [2.24, 2.45) is 5.92 Å². The van der Waals surface area contributed by atoms with E-state index in [1.165, 1.54) is 27.7 Å². The predicted molar refractivity (Wildman–Crippen MR) is 132 cm³/mol. The molecule has 1 saturated carbocycles. The number of ether oxygens (including phenoxy) is 1. The molecule has 0 bridgehead atoms. The molecule has 2 fully saturated rings. The van der Waals surface area contributed by atoms with Crippen molar-refractivity contribution >= 4 is 23.4 Å². The second-order valence-electron chi connectivity index (χ2n) is 10.2. The van der Waals surface area contributed by atoms with Gasteiger partial charge >= 0.3 is 0 Å². The Morgan fingerprint density at radius 1 is 1.05 bits per heavy atom. The molecule has 0 radical (unpaired) electrons. The number of rotatable bonds is 6. The van der Waals surface area contributed by atoms with Crippen LogP contribution in [0.1, 0.15) is 51.0 Å². The fraction of sp³-hybridized carbons (Fsp3) is 0.500. The van der Waals surface area contributed by atoms with Gasteiger partial charge in [0.05, 0.1) is 23.8 Å². The second kappa shape index (κ2) is 9.41. The van der Waals surface area contributed by atoms with Gasteiger partial charge in [0.15, 0.2) is 5.75 Å². The summed E-state index contributed by atoms with van der Waals surface area (Å²) in [5, 5.41) is 10.9. The molecule has 9 nitrogen and oxygen atoms in total. The molecule has 1 atom stereocenters. The van der Waals surface area contributed by atoms with Crippen LogP contribution in [0.2, 0.25) is 5.02 Å². The lowest BCUT2D eigenvalue weighted by molar-refractivity contribution is 0.0278. The molecule has 1 N–H and O–H groups in total. The van der Waals surface area contributed by atoms with Gasteiger partial charge in [-0.1, -0.05) is 17.7 Å². The van der Waals surface area contributed by atoms with E-state index in [-0.39, 0.29) is 34.6 Å². The Labute approximate surface area is 218 Å². The molecule has 4 heterocycles. The molecule has 1 aliphatic carbocycles. The van der Waals surface area contributed by atoms with Crippen LogP contribution in [0.25, 0.3) is 0 Å². The molecule has 6 rings (SSSR count). The second-order valence-corrected chi connectivity index (χ2v) is 10.6. The van der Waals surface area contributed by atoms with Gasteiger partial charge in [-0.3, -0.25) is 23.9 Å². The van der Waals surface area contributed by atoms with E-state index in [0.717, 1.165) is 25.9 Å². The Balaban J connectivity index is 1.32. The van der Waals surface area contributed by atoms with Crippen LogP contribution >= 0.6 is 11.6 Å². The van der Waals surface area contributed by atoms with Crippen LogP contribution in [-0.2, 0) is 17.7 Å². The van der Waals surface area contributed by atoms with Gasteiger partial charge in [0.2, 0.25) is 0 Å². The highest BCUT2D eigenvalue weighted by atomic mass is 35.5. The third-order valence-electron chi connectivity index (χ3n) is 7.83. The summed E-state index contributed by atoms with van der Waals surface area (Å²) in [6.45, 7) is 4.46.